The minimum absolute atomic E-state index is 0.126. The molecule has 0 heterocycles. The molecule has 0 fully saturated rings. The van der Waals surface area contributed by atoms with Crippen LogP contribution in [0.1, 0.15) is 64.0 Å². The molecule has 2 heteroatoms. The Morgan fingerprint density at radius 1 is 1.21 bits per heavy atom. The Labute approximate surface area is 117 Å². The molecule has 106 valence electrons. The van der Waals surface area contributed by atoms with Gasteiger partial charge in [0.2, 0.25) is 0 Å². The van der Waals surface area contributed by atoms with E-state index in [1.165, 1.54) is 12.7 Å². The van der Waals surface area contributed by atoms with E-state index in [1.54, 1.807) is 0 Å². The largest absolute Gasteiger partial charge is 0.469 e. The van der Waals surface area contributed by atoms with Gasteiger partial charge in [0.1, 0.15) is 0 Å². The number of unbranched alkanes of at least 4 members (excludes halogenated alkanes) is 1. The number of benzene rings is 1. The molecule has 1 unspecified atom stereocenters. The zero-order chi connectivity index (χ0) is 14.5. The minimum Gasteiger partial charge on any atom is -0.469 e. The minimum atomic E-state index is -0.128. The van der Waals surface area contributed by atoms with Gasteiger partial charge in [0.25, 0.3) is 0 Å². The first-order chi connectivity index (χ1) is 8.90. The molecule has 0 amide bonds. The molecule has 2 nitrogen and oxygen atoms in total. The Hall–Kier alpha value is -1.31. The summed E-state index contributed by atoms with van der Waals surface area (Å²) >= 11 is 0. The van der Waals surface area contributed by atoms with Crippen molar-refractivity contribution < 1.29 is 9.53 Å². The summed E-state index contributed by atoms with van der Waals surface area (Å²) in [6, 6.07) is 8.38. The Kier molecular flexibility index (Phi) is 5.59. The molecule has 0 bridgehead atoms. The third-order valence-electron chi connectivity index (χ3n) is 3.51. The summed E-state index contributed by atoms with van der Waals surface area (Å²) in [5.41, 5.74) is 2.49. The van der Waals surface area contributed by atoms with Gasteiger partial charge in [-0.3, -0.25) is 4.79 Å². The molecule has 0 aromatic heterocycles. The average Bonchev–Trinajstić information content (AvgIpc) is 2.38. The highest BCUT2D eigenvalue weighted by molar-refractivity contribution is 5.78. The van der Waals surface area contributed by atoms with Crippen molar-refractivity contribution in [2.45, 2.75) is 58.3 Å². The summed E-state index contributed by atoms with van der Waals surface area (Å²) in [4.78, 5) is 11.9. The topological polar surface area (TPSA) is 26.3 Å². The molecule has 0 saturated carbocycles. The molecule has 1 rings (SSSR count). The van der Waals surface area contributed by atoms with Crippen molar-refractivity contribution in [3.63, 3.8) is 0 Å². The summed E-state index contributed by atoms with van der Waals surface area (Å²) in [6.45, 7) is 8.71. The van der Waals surface area contributed by atoms with Crippen molar-refractivity contribution in [2.75, 3.05) is 7.11 Å². The Bertz CT molecular complexity index is 398. The fourth-order valence-electron chi connectivity index (χ4n) is 2.19. The molecule has 0 aliphatic heterocycles. The van der Waals surface area contributed by atoms with Gasteiger partial charge in [-0.2, -0.15) is 0 Å². The second-order valence-corrected chi connectivity index (χ2v) is 6.09. The van der Waals surface area contributed by atoms with Gasteiger partial charge in [-0.1, -0.05) is 64.8 Å². The van der Waals surface area contributed by atoms with E-state index in [1.807, 2.05) is 0 Å². The van der Waals surface area contributed by atoms with Crippen LogP contribution in [0.2, 0.25) is 0 Å². The molecule has 0 spiro atoms. The first kappa shape index (κ1) is 15.7. The van der Waals surface area contributed by atoms with Crippen LogP contribution in [0.3, 0.4) is 0 Å². The van der Waals surface area contributed by atoms with Crippen LogP contribution in [0, 0.1) is 0 Å². The second-order valence-electron chi connectivity index (χ2n) is 6.09. The quantitative estimate of drug-likeness (QED) is 0.734. The standard InChI is InChI=1S/C17H26O2/c1-6-7-8-15(16(18)19-5)13-9-11-14(12-10-13)17(2,3)4/h9-12,15H,6-8H2,1-5H3. The zero-order valence-corrected chi connectivity index (χ0v) is 12.8. The predicted molar refractivity (Wildman–Crippen MR) is 79.4 cm³/mol. The lowest BCUT2D eigenvalue weighted by Crippen LogP contribution is -2.15. The molecule has 19 heavy (non-hydrogen) atoms. The van der Waals surface area contributed by atoms with Crippen LogP contribution in [0.15, 0.2) is 24.3 Å². The van der Waals surface area contributed by atoms with E-state index >= 15 is 0 Å². The Morgan fingerprint density at radius 3 is 2.21 bits per heavy atom. The smallest absolute Gasteiger partial charge is 0.313 e. The van der Waals surface area contributed by atoms with Crippen molar-refractivity contribution >= 4 is 5.97 Å². The lowest BCUT2D eigenvalue weighted by Gasteiger charge is -2.20. The van der Waals surface area contributed by atoms with Crippen LogP contribution in [0.4, 0.5) is 0 Å². The summed E-state index contributed by atoms with van der Waals surface area (Å²) in [5, 5.41) is 0. The molecule has 1 aromatic carbocycles. The van der Waals surface area contributed by atoms with Crippen molar-refractivity contribution in [2.24, 2.45) is 0 Å². The summed E-state index contributed by atoms with van der Waals surface area (Å²) in [7, 11) is 1.46. The maximum Gasteiger partial charge on any atom is 0.313 e. The molecular weight excluding hydrogens is 236 g/mol. The Balaban J connectivity index is 2.93. The molecular formula is C17H26O2. The average molecular weight is 262 g/mol. The van der Waals surface area contributed by atoms with Crippen LogP contribution in [-0.4, -0.2) is 13.1 Å². The third kappa shape index (κ3) is 4.38. The van der Waals surface area contributed by atoms with Crippen LogP contribution in [-0.2, 0) is 14.9 Å². The number of rotatable bonds is 5. The number of esters is 1. The number of methoxy groups -OCH3 is 1. The zero-order valence-electron chi connectivity index (χ0n) is 12.8. The van der Waals surface area contributed by atoms with E-state index in [4.69, 9.17) is 4.74 Å². The fourth-order valence-corrected chi connectivity index (χ4v) is 2.19. The van der Waals surface area contributed by atoms with Crippen molar-refractivity contribution in [1.29, 1.82) is 0 Å². The fraction of sp³-hybridized carbons (Fsp3) is 0.588. The highest BCUT2D eigenvalue weighted by atomic mass is 16.5. The molecule has 0 N–H and O–H groups in total. The summed E-state index contributed by atoms with van der Waals surface area (Å²) < 4.78 is 4.92. The van der Waals surface area contributed by atoms with Gasteiger partial charge in [-0.15, -0.1) is 0 Å². The normalized spacial score (nSPS) is 13.1. The van der Waals surface area contributed by atoms with E-state index < -0.39 is 0 Å². The van der Waals surface area contributed by atoms with Crippen molar-refractivity contribution in [3.05, 3.63) is 35.4 Å². The van der Waals surface area contributed by atoms with E-state index in [-0.39, 0.29) is 17.3 Å². The molecule has 0 radical (unpaired) electrons. The van der Waals surface area contributed by atoms with Gasteiger partial charge < -0.3 is 4.74 Å². The van der Waals surface area contributed by atoms with E-state index in [0.29, 0.717) is 0 Å². The highest BCUT2D eigenvalue weighted by Gasteiger charge is 2.21. The van der Waals surface area contributed by atoms with E-state index in [2.05, 4.69) is 52.0 Å². The molecule has 1 aromatic rings. The maximum absolute atomic E-state index is 11.9. The second kappa shape index (κ2) is 6.74. The maximum atomic E-state index is 11.9. The van der Waals surface area contributed by atoms with Gasteiger partial charge in [0, 0.05) is 0 Å². The van der Waals surface area contributed by atoms with Gasteiger partial charge in [-0.25, -0.2) is 0 Å². The van der Waals surface area contributed by atoms with Crippen molar-refractivity contribution in [1.82, 2.24) is 0 Å². The van der Waals surface area contributed by atoms with Gasteiger partial charge in [0.15, 0.2) is 0 Å². The molecule has 0 saturated heterocycles. The number of ether oxygens (including phenoxy) is 1. The van der Waals surface area contributed by atoms with Crippen LogP contribution < -0.4 is 0 Å². The lowest BCUT2D eigenvalue weighted by atomic mass is 9.85. The SMILES string of the molecule is CCCCC(C(=O)OC)c1ccc(C(C)(C)C)cc1. The Morgan fingerprint density at radius 2 is 1.79 bits per heavy atom. The van der Waals surface area contributed by atoms with E-state index in [0.717, 1.165) is 24.8 Å². The molecule has 0 aliphatic rings. The summed E-state index contributed by atoms with van der Waals surface area (Å²) in [6.07, 6.45) is 2.99. The number of carbonyl (C=O) groups excluding carboxylic acids is 1. The van der Waals surface area contributed by atoms with E-state index in [9.17, 15) is 4.79 Å². The highest BCUT2D eigenvalue weighted by Crippen LogP contribution is 2.27. The monoisotopic (exact) mass is 262 g/mol. The van der Waals surface area contributed by atoms with Crippen LogP contribution in [0.5, 0.6) is 0 Å². The number of hydrogen-bond acceptors (Lipinski definition) is 2. The lowest BCUT2D eigenvalue weighted by molar-refractivity contribution is -0.142. The molecule has 0 aliphatic carbocycles. The first-order valence-electron chi connectivity index (χ1n) is 7.08. The third-order valence-corrected chi connectivity index (χ3v) is 3.51. The number of hydrogen-bond donors (Lipinski definition) is 0. The first-order valence-corrected chi connectivity index (χ1v) is 7.08. The molecule has 1 atom stereocenters. The predicted octanol–water partition coefficient (Wildman–Crippen LogP) is 4.43. The van der Waals surface area contributed by atoms with Gasteiger partial charge >= 0.3 is 5.97 Å². The summed E-state index contributed by atoms with van der Waals surface area (Å²) in [5.74, 6) is -0.254. The van der Waals surface area contributed by atoms with Crippen molar-refractivity contribution in [3.8, 4) is 0 Å². The van der Waals surface area contributed by atoms with Gasteiger partial charge in [0.05, 0.1) is 13.0 Å². The van der Waals surface area contributed by atoms with Gasteiger partial charge in [-0.05, 0) is 23.0 Å². The number of carbonyl (C=O) groups is 1. The van der Waals surface area contributed by atoms with Crippen LogP contribution >= 0.6 is 0 Å². The van der Waals surface area contributed by atoms with Crippen LogP contribution in [0.25, 0.3) is 0 Å².